The first-order chi connectivity index (χ1) is 21.1. The van der Waals surface area contributed by atoms with Crippen molar-refractivity contribution in [2.45, 2.75) is 25.1 Å². The number of hydrogen-bond acceptors (Lipinski definition) is 7. The second-order valence-corrected chi connectivity index (χ2v) is 11.0. The minimum atomic E-state index is -4.91. The number of para-hydroxylation sites is 1. The molecule has 1 aliphatic rings. The van der Waals surface area contributed by atoms with Crippen molar-refractivity contribution in [1.29, 1.82) is 0 Å². The van der Waals surface area contributed by atoms with Gasteiger partial charge in [0.15, 0.2) is 5.78 Å². The van der Waals surface area contributed by atoms with Gasteiger partial charge in [0.2, 0.25) is 5.95 Å². The van der Waals surface area contributed by atoms with Gasteiger partial charge in [0.25, 0.3) is 11.8 Å². The Morgan fingerprint density at radius 1 is 0.932 bits per heavy atom. The number of ether oxygens (including phenoxy) is 1. The number of nitrogens with one attached hydrogen (secondary N) is 2. The molecule has 2 aromatic heterocycles. The molecule has 6 rings (SSSR count). The number of aromatic amines is 1. The molecule has 1 aliphatic heterocycles. The number of alkyl halides is 3. The molecule has 3 heterocycles. The quantitative estimate of drug-likeness (QED) is 0.203. The molecule has 0 spiro atoms. The van der Waals surface area contributed by atoms with Crippen molar-refractivity contribution in [3.8, 4) is 5.75 Å². The molecule has 9 nitrogen and oxygen atoms in total. The van der Waals surface area contributed by atoms with E-state index in [1.807, 2.05) is 6.07 Å². The molecule has 13 heteroatoms. The molecule has 0 atom stereocenters. The lowest BCUT2D eigenvalue weighted by Crippen LogP contribution is -2.38. The van der Waals surface area contributed by atoms with Gasteiger partial charge in [0, 0.05) is 35.5 Å². The van der Waals surface area contributed by atoms with Crippen LogP contribution in [0.1, 0.15) is 60.5 Å². The van der Waals surface area contributed by atoms with Crippen LogP contribution in [0.25, 0.3) is 11.0 Å². The van der Waals surface area contributed by atoms with Crippen molar-refractivity contribution in [3.63, 3.8) is 0 Å². The molecule has 1 saturated heterocycles. The number of fused-ring (bicyclic) bond motifs is 1. The van der Waals surface area contributed by atoms with Gasteiger partial charge in [0.05, 0.1) is 21.6 Å². The summed E-state index contributed by atoms with van der Waals surface area (Å²) in [6.45, 7) is 0.636. The minimum Gasteiger partial charge on any atom is -0.405 e. The fourth-order valence-corrected chi connectivity index (χ4v) is 6.05. The van der Waals surface area contributed by atoms with Crippen LogP contribution in [0.3, 0.4) is 0 Å². The van der Waals surface area contributed by atoms with Crippen molar-refractivity contribution < 1.29 is 32.3 Å². The average Bonchev–Trinajstić information content (AvgIpc) is 3.67. The fraction of sp³-hybridized carbons (Fsp3) is 0.194. The van der Waals surface area contributed by atoms with E-state index >= 15 is 0 Å². The zero-order chi connectivity index (χ0) is 30.8. The summed E-state index contributed by atoms with van der Waals surface area (Å²) in [6.07, 6.45) is -3.83. The number of H-pyrrole nitrogens is 1. The largest absolute Gasteiger partial charge is 0.573 e. The third kappa shape index (κ3) is 6.32. The third-order valence-corrected chi connectivity index (χ3v) is 8.25. The highest BCUT2D eigenvalue weighted by Gasteiger charge is 2.34. The first kappa shape index (κ1) is 29.1. The number of anilines is 1. The summed E-state index contributed by atoms with van der Waals surface area (Å²) in [6, 6.07) is 19.3. The number of thiazole rings is 1. The predicted octanol–water partition coefficient (Wildman–Crippen LogP) is 6.42. The topological polar surface area (TPSA) is 117 Å². The van der Waals surface area contributed by atoms with Crippen molar-refractivity contribution in [2.24, 2.45) is 0 Å². The van der Waals surface area contributed by atoms with E-state index in [1.54, 1.807) is 47.8 Å². The summed E-state index contributed by atoms with van der Waals surface area (Å²) in [5, 5.41) is 5.09. The Morgan fingerprint density at radius 2 is 1.66 bits per heavy atom. The Hall–Kier alpha value is -5.04. The van der Waals surface area contributed by atoms with Gasteiger partial charge in [-0.05, 0) is 43.2 Å². The maximum Gasteiger partial charge on any atom is 0.573 e. The molecule has 0 radical (unpaired) electrons. The first-order valence-corrected chi connectivity index (χ1v) is 14.5. The number of imidazole rings is 1. The van der Waals surface area contributed by atoms with Gasteiger partial charge in [-0.1, -0.05) is 42.5 Å². The maximum atomic E-state index is 13.0. The summed E-state index contributed by atoms with van der Waals surface area (Å²) < 4.78 is 42.4. The highest BCUT2D eigenvalue weighted by atomic mass is 32.1. The van der Waals surface area contributed by atoms with Gasteiger partial charge in [-0.15, -0.1) is 24.5 Å². The van der Waals surface area contributed by atoms with E-state index in [0.29, 0.717) is 48.1 Å². The van der Waals surface area contributed by atoms with Crippen LogP contribution in [0.2, 0.25) is 0 Å². The van der Waals surface area contributed by atoms with Gasteiger partial charge in [-0.3, -0.25) is 19.7 Å². The zero-order valence-electron chi connectivity index (χ0n) is 22.9. The molecule has 1 fully saturated rings. The minimum absolute atomic E-state index is 0.0148. The second kappa shape index (κ2) is 11.9. The molecular weight excluding hydrogens is 595 g/mol. The SMILES string of the molecule is O=C(c1ccccc1)c1ccc2nc(NC(=O)c3csc(C4CCN(C(=O)c5ccccc5OC(F)(F)F)CC4)n3)[nH]c2c1. The number of benzene rings is 3. The normalized spacial score (nSPS) is 14.0. The molecule has 0 saturated carbocycles. The van der Waals surface area contributed by atoms with Gasteiger partial charge in [-0.25, -0.2) is 9.97 Å². The third-order valence-electron chi connectivity index (χ3n) is 7.24. The van der Waals surface area contributed by atoms with Crippen LogP contribution >= 0.6 is 11.3 Å². The number of ketones is 1. The van der Waals surface area contributed by atoms with Crippen LogP contribution in [0.15, 0.2) is 78.2 Å². The fourth-order valence-electron chi connectivity index (χ4n) is 5.07. The van der Waals surface area contributed by atoms with E-state index in [4.69, 9.17) is 0 Å². The molecule has 2 N–H and O–H groups in total. The van der Waals surface area contributed by atoms with E-state index < -0.39 is 23.9 Å². The van der Waals surface area contributed by atoms with Gasteiger partial charge in [-0.2, -0.15) is 0 Å². The standard InChI is InChI=1S/C31H24F3N5O4S/c32-31(33,34)43-25-9-5-4-8-21(25)29(42)39-14-12-19(13-15-39)28-35-24(17-44-28)27(41)38-30-36-22-11-10-20(16-23(22)37-30)26(40)18-6-2-1-3-7-18/h1-11,16-17,19H,12-15H2,(H2,36,37,38,41). The number of amides is 2. The molecule has 5 aromatic rings. The Bertz CT molecular complexity index is 1850. The van der Waals surface area contributed by atoms with Crippen molar-refractivity contribution in [3.05, 3.63) is 106 Å². The van der Waals surface area contributed by atoms with Crippen molar-refractivity contribution in [1.82, 2.24) is 19.9 Å². The lowest BCUT2D eigenvalue weighted by Gasteiger charge is -2.31. The van der Waals surface area contributed by atoms with Crippen LogP contribution < -0.4 is 10.1 Å². The Kier molecular flexibility index (Phi) is 7.87. The van der Waals surface area contributed by atoms with E-state index in [9.17, 15) is 27.6 Å². The first-order valence-electron chi connectivity index (χ1n) is 13.6. The number of rotatable bonds is 7. The van der Waals surface area contributed by atoms with E-state index in [0.717, 1.165) is 11.1 Å². The average molecular weight is 620 g/mol. The summed E-state index contributed by atoms with van der Waals surface area (Å²) in [7, 11) is 0. The number of hydrogen-bond donors (Lipinski definition) is 2. The number of carbonyl (C=O) groups excluding carboxylic acids is 3. The van der Waals surface area contributed by atoms with E-state index in [-0.39, 0.29) is 28.9 Å². The number of carbonyl (C=O) groups is 3. The van der Waals surface area contributed by atoms with Crippen LogP contribution in [0.4, 0.5) is 19.1 Å². The van der Waals surface area contributed by atoms with E-state index in [2.05, 4.69) is 25.0 Å². The number of halogens is 3. The lowest BCUT2D eigenvalue weighted by molar-refractivity contribution is -0.274. The van der Waals surface area contributed by atoms with Crippen LogP contribution in [0.5, 0.6) is 5.75 Å². The van der Waals surface area contributed by atoms with Gasteiger partial charge in [0.1, 0.15) is 11.4 Å². The van der Waals surface area contributed by atoms with E-state index in [1.165, 1.54) is 34.4 Å². The molecule has 44 heavy (non-hydrogen) atoms. The smallest absolute Gasteiger partial charge is 0.405 e. The molecule has 0 unspecified atom stereocenters. The van der Waals surface area contributed by atoms with Gasteiger partial charge >= 0.3 is 6.36 Å². The summed E-state index contributed by atoms with van der Waals surface area (Å²) >= 11 is 1.33. The highest BCUT2D eigenvalue weighted by molar-refractivity contribution is 7.10. The number of likely N-dealkylation sites (tertiary alicyclic amines) is 1. The van der Waals surface area contributed by atoms with Crippen molar-refractivity contribution in [2.75, 3.05) is 18.4 Å². The molecule has 224 valence electrons. The Balaban J connectivity index is 1.07. The second-order valence-electron chi connectivity index (χ2n) is 10.1. The van der Waals surface area contributed by atoms with Crippen LogP contribution in [0, 0.1) is 0 Å². The molecular formula is C31H24F3N5O4S. The van der Waals surface area contributed by atoms with Gasteiger partial charge < -0.3 is 14.6 Å². The summed E-state index contributed by atoms with van der Waals surface area (Å²) in [4.78, 5) is 52.2. The van der Waals surface area contributed by atoms with Crippen LogP contribution in [-0.2, 0) is 0 Å². The lowest BCUT2D eigenvalue weighted by atomic mass is 9.97. The Labute approximate surface area is 252 Å². The molecule has 2 amide bonds. The molecule has 0 bridgehead atoms. The molecule has 3 aromatic carbocycles. The number of piperidine rings is 1. The number of nitrogens with zero attached hydrogens (tertiary/aromatic N) is 3. The van der Waals surface area contributed by atoms with Crippen LogP contribution in [-0.4, -0.2) is 56.9 Å². The Morgan fingerprint density at radius 3 is 2.41 bits per heavy atom. The summed E-state index contributed by atoms with van der Waals surface area (Å²) in [5.74, 6) is -1.46. The monoisotopic (exact) mass is 619 g/mol. The van der Waals surface area contributed by atoms with Crippen molar-refractivity contribution >= 4 is 45.9 Å². The summed E-state index contributed by atoms with van der Waals surface area (Å²) in [5.41, 5.74) is 2.29. The number of aromatic nitrogens is 3. The zero-order valence-corrected chi connectivity index (χ0v) is 23.7. The highest BCUT2D eigenvalue weighted by Crippen LogP contribution is 2.33. The predicted molar refractivity (Wildman–Crippen MR) is 157 cm³/mol. The maximum absolute atomic E-state index is 13.0. The molecule has 0 aliphatic carbocycles.